The van der Waals surface area contributed by atoms with Crippen molar-refractivity contribution in [3.8, 4) is 11.6 Å². The Balaban J connectivity index is 1.42. The first-order valence-corrected chi connectivity index (χ1v) is 22.6. The van der Waals surface area contributed by atoms with Gasteiger partial charge in [0.1, 0.15) is 29.5 Å². The van der Waals surface area contributed by atoms with E-state index >= 15 is 4.79 Å². The lowest BCUT2D eigenvalue weighted by Gasteiger charge is -2.35. The molecule has 1 aromatic carbocycles. The summed E-state index contributed by atoms with van der Waals surface area (Å²) in [6, 6.07) is 0.854. The molecule has 2 aliphatic heterocycles. The first kappa shape index (κ1) is 48.6. The summed E-state index contributed by atoms with van der Waals surface area (Å²) < 4.78 is 122. The SMILES string of the molecule is CCOc1ccc2nc(C(F)(F)F)c(O[C@@H]3C[C@H]4C(=O)N[C@]5(C(=O)NS(=O)(=O)C6(C)CC6)CC5/C=C\CC[C@@H](C)C[C@@H](COC)[C@H](NC(=O)OC(C)(C)C(C)(F)F)C(=O)N4C3)nc2c1. The lowest BCUT2D eigenvalue weighted by atomic mass is 9.87. The van der Waals surface area contributed by atoms with Gasteiger partial charge in [0.05, 0.1) is 35.5 Å². The first-order chi connectivity index (χ1) is 29.7. The number of fused-ring (bicyclic) bond motifs is 3. The van der Waals surface area contributed by atoms with Gasteiger partial charge in [-0.05, 0) is 84.3 Å². The second kappa shape index (κ2) is 17.8. The summed E-state index contributed by atoms with van der Waals surface area (Å²) in [6.45, 7) is 7.09. The Morgan fingerprint density at radius 3 is 2.38 bits per heavy atom. The molecule has 4 amide bonds. The number of aromatic nitrogens is 2. The third-order valence-corrected chi connectivity index (χ3v) is 14.8. The normalized spacial score (nSPS) is 28.1. The van der Waals surface area contributed by atoms with Gasteiger partial charge in [-0.3, -0.25) is 19.1 Å². The highest BCUT2D eigenvalue weighted by Crippen LogP contribution is 2.48. The molecule has 4 aliphatic rings. The Hall–Kier alpha value is -4.86. The largest absolute Gasteiger partial charge is 0.494 e. The van der Waals surface area contributed by atoms with Gasteiger partial charge in [-0.15, -0.1) is 0 Å². The number of nitrogens with one attached hydrogen (secondary N) is 3. The highest BCUT2D eigenvalue weighted by atomic mass is 32.2. The molecule has 3 fully saturated rings. The van der Waals surface area contributed by atoms with Crippen LogP contribution in [0.3, 0.4) is 0 Å². The average molecular weight is 931 g/mol. The van der Waals surface area contributed by atoms with Crippen molar-refractivity contribution >= 4 is 44.9 Å². The van der Waals surface area contributed by atoms with Gasteiger partial charge in [0.15, 0.2) is 5.60 Å². The number of ether oxygens (including phenoxy) is 4. The number of alkyl carbamates (subject to hydrolysis) is 1. The van der Waals surface area contributed by atoms with Crippen LogP contribution >= 0.6 is 0 Å². The van der Waals surface area contributed by atoms with E-state index in [1.54, 1.807) is 19.1 Å². The van der Waals surface area contributed by atoms with E-state index in [9.17, 15) is 44.8 Å². The van der Waals surface area contributed by atoms with E-state index < -0.39 is 116 Å². The Morgan fingerprint density at radius 1 is 1.05 bits per heavy atom. The molecule has 2 saturated carbocycles. The smallest absolute Gasteiger partial charge is 0.438 e. The molecule has 1 aromatic heterocycles. The number of sulfonamides is 1. The van der Waals surface area contributed by atoms with Gasteiger partial charge in [0.2, 0.25) is 33.4 Å². The van der Waals surface area contributed by atoms with Crippen LogP contribution in [0.2, 0.25) is 0 Å². The standard InChI is InChI=1S/C42H55F5N6O10S/c1-8-61-26-13-14-28-29(18-26)49-34(32(48-28)42(45,46)47)62-27-19-30-33(54)51-41(36(56)52-64(58,59)39(5)15-16-39)20-25(41)12-10-9-11-23(2)17-24(22-60-7)31(35(55)53(30)21-27)50-37(57)63-38(3,4)40(6,43)44/h10,12-14,18,23-25,27,30-31H,8-9,11,15-17,19-22H2,1-7H3,(H,50,57)(H,51,54)(H,52,56)/b12-10-/t23-,24+,25?,27-,30+,31+,41-/m1/s1. The van der Waals surface area contributed by atoms with Crippen LogP contribution in [0.25, 0.3) is 11.0 Å². The highest BCUT2D eigenvalue weighted by molar-refractivity contribution is 7.91. The number of nitrogens with zero attached hydrogens (tertiary/aromatic N) is 3. The molecule has 354 valence electrons. The van der Waals surface area contributed by atoms with Crippen molar-refractivity contribution in [2.24, 2.45) is 17.8 Å². The molecule has 0 bridgehead atoms. The fourth-order valence-corrected chi connectivity index (χ4v) is 9.28. The zero-order chi connectivity index (χ0) is 47.2. The lowest BCUT2D eigenvalue weighted by molar-refractivity contribution is -0.152. The van der Waals surface area contributed by atoms with E-state index in [1.165, 1.54) is 32.2 Å². The van der Waals surface area contributed by atoms with Crippen LogP contribution in [-0.4, -0.2) is 114 Å². The second-order valence-corrected chi connectivity index (χ2v) is 20.3. The number of methoxy groups -OCH3 is 1. The zero-order valence-electron chi connectivity index (χ0n) is 36.6. The van der Waals surface area contributed by atoms with Gasteiger partial charge in [-0.1, -0.05) is 19.1 Å². The van der Waals surface area contributed by atoms with Gasteiger partial charge >= 0.3 is 12.3 Å². The van der Waals surface area contributed by atoms with Crippen molar-refractivity contribution < 1.29 is 68.5 Å². The molecule has 64 heavy (non-hydrogen) atoms. The van der Waals surface area contributed by atoms with Gasteiger partial charge in [-0.25, -0.2) is 32.0 Å². The minimum absolute atomic E-state index is 0.0153. The van der Waals surface area contributed by atoms with E-state index in [0.29, 0.717) is 32.6 Å². The van der Waals surface area contributed by atoms with E-state index in [1.807, 2.05) is 6.92 Å². The topological polar surface area (TPSA) is 204 Å². The molecule has 0 radical (unpaired) electrons. The maximum Gasteiger partial charge on any atom is 0.438 e. The number of amides is 4. The van der Waals surface area contributed by atoms with Crippen molar-refractivity contribution in [2.75, 3.05) is 26.9 Å². The summed E-state index contributed by atoms with van der Waals surface area (Å²) in [5.74, 6) is -8.88. The number of carbonyl (C=O) groups is 4. The van der Waals surface area contributed by atoms with Gasteiger partial charge in [0, 0.05) is 38.4 Å². The van der Waals surface area contributed by atoms with Crippen molar-refractivity contribution in [2.45, 2.75) is 133 Å². The monoisotopic (exact) mass is 930 g/mol. The molecule has 3 heterocycles. The Kier molecular flexibility index (Phi) is 13.5. The van der Waals surface area contributed by atoms with Crippen LogP contribution in [0.5, 0.6) is 11.6 Å². The van der Waals surface area contributed by atoms with E-state index in [0.717, 1.165) is 18.7 Å². The predicted molar refractivity (Wildman–Crippen MR) is 220 cm³/mol. The van der Waals surface area contributed by atoms with E-state index in [4.69, 9.17) is 18.9 Å². The maximum absolute atomic E-state index is 15.0. The molecule has 1 saturated heterocycles. The van der Waals surface area contributed by atoms with Crippen LogP contribution in [0.1, 0.15) is 92.2 Å². The van der Waals surface area contributed by atoms with Crippen LogP contribution in [-0.2, 0) is 40.1 Å². The molecular formula is C42H55F5N6O10S. The van der Waals surface area contributed by atoms with Crippen molar-refractivity contribution in [1.82, 2.24) is 30.2 Å². The third kappa shape index (κ3) is 10.3. The number of allylic oxidation sites excluding steroid dienone is 1. The molecule has 7 atom stereocenters. The molecule has 2 aromatic rings. The summed E-state index contributed by atoms with van der Waals surface area (Å²) in [6.07, 6.45) is -3.07. The molecule has 2 aliphatic carbocycles. The van der Waals surface area contributed by atoms with Crippen LogP contribution in [0.4, 0.5) is 26.7 Å². The van der Waals surface area contributed by atoms with Gasteiger partial charge in [-0.2, -0.15) is 13.2 Å². The summed E-state index contributed by atoms with van der Waals surface area (Å²) in [5, 5.41) is 5.10. The summed E-state index contributed by atoms with van der Waals surface area (Å²) >= 11 is 0. The van der Waals surface area contributed by atoms with Crippen LogP contribution < -0.4 is 24.8 Å². The second-order valence-electron chi connectivity index (χ2n) is 18.1. The zero-order valence-corrected chi connectivity index (χ0v) is 37.5. The van der Waals surface area contributed by atoms with E-state index in [2.05, 4.69) is 25.3 Å². The number of carbonyl (C=O) groups excluding carboxylic acids is 4. The molecule has 16 nitrogen and oxygen atoms in total. The summed E-state index contributed by atoms with van der Waals surface area (Å²) in [4.78, 5) is 66.0. The van der Waals surface area contributed by atoms with Crippen LogP contribution in [0.15, 0.2) is 30.4 Å². The number of hydrogen-bond acceptors (Lipinski definition) is 12. The molecule has 6 rings (SSSR count). The fraction of sp³-hybridized carbons (Fsp3) is 0.667. The van der Waals surface area contributed by atoms with Crippen molar-refractivity contribution in [1.29, 1.82) is 0 Å². The molecular weight excluding hydrogens is 876 g/mol. The quantitative estimate of drug-likeness (QED) is 0.180. The molecule has 1 unspecified atom stereocenters. The minimum atomic E-state index is -5.08. The molecule has 22 heteroatoms. The number of rotatable bonds is 12. The number of alkyl halides is 5. The predicted octanol–water partition coefficient (Wildman–Crippen LogP) is 5.44. The Labute approximate surface area is 367 Å². The van der Waals surface area contributed by atoms with Gasteiger partial charge < -0.3 is 34.5 Å². The highest BCUT2D eigenvalue weighted by Gasteiger charge is 2.63. The van der Waals surface area contributed by atoms with Crippen LogP contribution in [0, 0.1) is 17.8 Å². The lowest BCUT2D eigenvalue weighted by Crippen LogP contribution is -2.60. The third-order valence-electron chi connectivity index (χ3n) is 12.6. The summed E-state index contributed by atoms with van der Waals surface area (Å²) in [7, 11) is -2.83. The first-order valence-electron chi connectivity index (χ1n) is 21.1. The Bertz CT molecular complexity index is 2270. The van der Waals surface area contributed by atoms with Gasteiger partial charge in [0.25, 0.3) is 11.8 Å². The number of hydrogen-bond donors (Lipinski definition) is 3. The van der Waals surface area contributed by atoms with Crippen molar-refractivity contribution in [3.63, 3.8) is 0 Å². The number of benzene rings is 1. The average Bonchev–Trinajstić information content (AvgIpc) is 4.07. The number of halogens is 5. The maximum atomic E-state index is 15.0. The fourth-order valence-electron chi connectivity index (χ4n) is 7.97. The minimum Gasteiger partial charge on any atom is -0.494 e. The van der Waals surface area contributed by atoms with Crippen molar-refractivity contribution in [3.05, 3.63) is 36.0 Å². The molecule has 0 spiro atoms. The summed E-state index contributed by atoms with van der Waals surface area (Å²) in [5.41, 5.74) is -5.80. The van der Waals surface area contributed by atoms with E-state index in [-0.39, 0.29) is 48.8 Å². The molecule has 3 N–H and O–H groups in total. The Morgan fingerprint density at radius 2 is 1.75 bits per heavy atom.